The van der Waals surface area contributed by atoms with Crippen LogP contribution in [0.1, 0.15) is 73.1 Å². The number of hydrogen-bond acceptors (Lipinski definition) is 12. The van der Waals surface area contributed by atoms with Crippen LogP contribution in [0.5, 0.6) is 0 Å². The van der Waals surface area contributed by atoms with Crippen molar-refractivity contribution in [3.05, 3.63) is 46.8 Å². The minimum atomic E-state index is -1.30. The number of rotatable bonds is 15. The molecule has 3 aliphatic rings. The van der Waals surface area contributed by atoms with E-state index in [4.69, 9.17) is 30.4 Å². The van der Waals surface area contributed by atoms with Gasteiger partial charge in [-0.15, -0.1) is 0 Å². The first-order valence-corrected chi connectivity index (χ1v) is 16.9. The minimum absolute atomic E-state index is 0.0569. The third-order valence-electron chi connectivity index (χ3n) is 9.18. The number of aliphatic hydroxyl groups is 3. The first-order chi connectivity index (χ1) is 22.3. The van der Waals surface area contributed by atoms with Gasteiger partial charge >= 0.3 is 0 Å². The highest BCUT2D eigenvalue weighted by molar-refractivity contribution is 5.72. The third-order valence-corrected chi connectivity index (χ3v) is 9.18. The Labute approximate surface area is 281 Å². The monoisotopic (exact) mass is 663 g/mol. The summed E-state index contributed by atoms with van der Waals surface area (Å²) in [7, 11) is 3.40. The number of aliphatic hydroxyl groups excluding tert-OH is 2. The molecule has 0 bridgehead atoms. The first-order valence-electron chi connectivity index (χ1n) is 16.9. The van der Waals surface area contributed by atoms with E-state index in [9.17, 15) is 15.3 Å². The lowest BCUT2D eigenvalue weighted by Gasteiger charge is -2.48. The molecule has 11 atom stereocenters. The van der Waals surface area contributed by atoms with Crippen LogP contribution in [0.15, 0.2) is 51.8 Å². The van der Waals surface area contributed by atoms with Crippen LogP contribution in [0.25, 0.3) is 0 Å². The number of nitrogens with zero attached hydrogens (tertiary/aromatic N) is 1. The third kappa shape index (κ3) is 11.6. The number of ether oxygens (including phenoxy) is 4. The molecule has 2 aliphatic heterocycles. The molecule has 0 radical (unpaired) electrons. The molecule has 2 fully saturated rings. The van der Waals surface area contributed by atoms with Crippen molar-refractivity contribution in [3.63, 3.8) is 0 Å². The molecule has 9 N–H and O–H groups in total. The van der Waals surface area contributed by atoms with Gasteiger partial charge in [-0.25, -0.2) is 0 Å². The second-order valence-electron chi connectivity index (χ2n) is 13.7. The first kappa shape index (κ1) is 39.5. The van der Waals surface area contributed by atoms with E-state index in [1.54, 1.807) is 27.2 Å². The van der Waals surface area contributed by atoms with E-state index in [2.05, 4.69) is 55.5 Å². The van der Waals surface area contributed by atoms with E-state index < -0.39 is 60.7 Å². The average molecular weight is 664 g/mol. The van der Waals surface area contributed by atoms with Gasteiger partial charge in [-0.2, -0.15) is 0 Å². The van der Waals surface area contributed by atoms with Crippen LogP contribution in [0.4, 0.5) is 0 Å². The van der Waals surface area contributed by atoms with Gasteiger partial charge in [0.15, 0.2) is 6.29 Å². The molecule has 12 heteroatoms. The molecule has 47 heavy (non-hydrogen) atoms. The van der Waals surface area contributed by atoms with Crippen LogP contribution in [0.3, 0.4) is 0 Å². The van der Waals surface area contributed by atoms with Gasteiger partial charge in [0.1, 0.15) is 35.8 Å². The largest absolute Gasteiger partial charge is 0.466 e. The summed E-state index contributed by atoms with van der Waals surface area (Å²) < 4.78 is 24.2. The molecule has 3 rings (SSSR count). The van der Waals surface area contributed by atoms with E-state index in [0.29, 0.717) is 25.1 Å². The Kier molecular flexibility index (Phi) is 15.7. The normalized spacial score (nSPS) is 37.1. The van der Waals surface area contributed by atoms with Gasteiger partial charge in [0.25, 0.3) is 0 Å². The molecule has 11 unspecified atom stereocenters. The summed E-state index contributed by atoms with van der Waals surface area (Å²) in [6, 6.07) is -2.05. The highest BCUT2D eigenvalue weighted by Gasteiger charge is 2.51. The molecule has 2 heterocycles. The van der Waals surface area contributed by atoms with Crippen LogP contribution in [0, 0.1) is 0 Å². The summed E-state index contributed by atoms with van der Waals surface area (Å²) in [5, 5.41) is 39.1. The summed E-state index contributed by atoms with van der Waals surface area (Å²) >= 11 is 0. The van der Waals surface area contributed by atoms with Crippen molar-refractivity contribution >= 4 is 6.21 Å². The second-order valence-corrected chi connectivity index (χ2v) is 13.7. The molecule has 268 valence electrons. The van der Waals surface area contributed by atoms with Crippen LogP contribution in [0.2, 0.25) is 0 Å². The lowest BCUT2D eigenvalue weighted by molar-refractivity contribution is -0.304. The lowest BCUT2D eigenvalue weighted by Crippen LogP contribution is -2.68. The maximum Gasteiger partial charge on any atom is 0.215 e. The summed E-state index contributed by atoms with van der Waals surface area (Å²) in [4.78, 5) is 4.52. The zero-order chi connectivity index (χ0) is 34.7. The Bertz CT molecular complexity index is 1140. The zero-order valence-electron chi connectivity index (χ0n) is 29.4. The van der Waals surface area contributed by atoms with Crippen LogP contribution < -0.4 is 22.1 Å². The van der Waals surface area contributed by atoms with E-state index in [1.807, 2.05) is 12.2 Å². The van der Waals surface area contributed by atoms with Crippen molar-refractivity contribution < 1.29 is 34.3 Å². The summed E-state index contributed by atoms with van der Waals surface area (Å²) in [6.45, 7) is 10.4. The van der Waals surface area contributed by atoms with Gasteiger partial charge in [-0.1, -0.05) is 28.9 Å². The zero-order valence-corrected chi connectivity index (χ0v) is 29.4. The summed E-state index contributed by atoms with van der Waals surface area (Å²) in [5.41, 5.74) is 15.6. The topological polar surface area (TPSA) is 186 Å². The highest BCUT2D eigenvalue weighted by atomic mass is 16.7. The average Bonchev–Trinajstić information content (AvgIpc) is 3.01. The Morgan fingerprint density at radius 2 is 1.66 bits per heavy atom. The van der Waals surface area contributed by atoms with Gasteiger partial charge in [0, 0.05) is 18.3 Å². The Morgan fingerprint density at radius 1 is 0.979 bits per heavy atom. The second kappa shape index (κ2) is 18.7. The van der Waals surface area contributed by atoms with Gasteiger partial charge in [-0.3, -0.25) is 4.99 Å². The van der Waals surface area contributed by atoms with Crippen molar-refractivity contribution in [3.8, 4) is 0 Å². The summed E-state index contributed by atoms with van der Waals surface area (Å²) in [6.07, 6.45) is 9.45. The number of hydrogen-bond donors (Lipinski definition) is 7. The predicted octanol–water partition coefficient (Wildman–Crippen LogP) is 1.94. The number of likely N-dealkylation sites (N-methyl/N-ethyl adjacent to an activating group) is 2. The molecule has 0 aromatic heterocycles. The predicted molar refractivity (Wildman–Crippen MR) is 185 cm³/mol. The van der Waals surface area contributed by atoms with Gasteiger partial charge < -0.3 is 56.4 Å². The quantitative estimate of drug-likeness (QED) is 0.100. The molecular weight excluding hydrogens is 602 g/mol. The van der Waals surface area contributed by atoms with E-state index in [-0.39, 0.29) is 12.6 Å². The van der Waals surface area contributed by atoms with Gasteiger partial charge in [0.2, 0.25) is 6.29 Å². The number of nitrogens with two attached hydrogens (primary N) is 2. The number of allylic oxidation sites excluding steroid dienone is 6. The van der Waals surface area contributed by atoms with Crippen LogP contribution >= 0.6 is 0 Å². The molecule has 1 saturated heterocycles. The molecule has 1 saturated carbocycles. The van der Waals surface area contributed by atoms with Crippen molar-refractivity contribution in [1.29, 1.82) is 0 Å². The van der Waals surface area contributed by atoms with Crippen LogP contribution in [-0.2, 0) is 18.9 Å². The van der Waals surface area contributed by atoms with Crippen LogP contribution in [-0.4, -0.2) is 116 Å². The number of aliphatic imine (C=N–C) groups is 1. The lowest BCUT2D eigenvalue weighted by atomic mass is 9.83. The smallest absolute Gasteiger partial charge is 0.215 e. The minimum Gasteiger partial charge on any atom is -0.466 e. The van der Waals surface area contributed by atoms with Crippen molar-refractivity contribution in [1.82, 2.24) is 10.6 Å². The Hall–Kier alpha value is -1.97. The Balaban J connectivity index is 1.55. The molecule has 0 spiro atoms. The highest BCUT2D eigenvalue weighted by Crippen LogP contribution is 2.32. The van der Waals surface area contributed by atoms with E-state index >= 15 is 0 Å². The fraction of sp³-hybridized carbons (Fsp3) is 0.743. The summed E-state index contributed by atoms with van der Waals surface area (Å²) in [5.74, 6) is 0.637. The fourth-order valence-corrected chi connectivity index (χ4v) is 6.29. The van der Waals surface area contributed by atoms with E-state index in [0.717, 1.165) is 25.7 Å². The van der Waals surface area contributed by atoms with Crippen molar-refractivity contribution in [2.45, 2.75) is 140 Å². The number of nitrogens with one attached hydrogen (secondary N) is 2. The SMILES string of the molecule is CNC1CC(N)C(OC2OC(C/N=C/C=C(\C)CC/C=C(\C)CCC=C(C)C)=CCC2N)C(O)C1OC1OCC(C)(O)C(NC)C1O. The van der Waals surface area contributed by atoms with E-state index in [1.165, 1.54) is 16.7 Å². The molecule has 0 aromatic rings. The molecular formula is C35H61N5O7. The van der Waals surface area contributed by atoms with Crippen molar-refractivity contribution in [2.24, 2.45) is 16.5 Å². The Morgan fingerprint density at radius 3 is 2.34 bits per heavy atom. The van der Waals surface area contributed by atoms with Gasteiger partial charge in [0.05, 0.1) is 25.2 Å². The molecule has 0 aromatic carbocycles. The fourth-order valence-electron chi connectivity index (χ4n) is 6.29. The molecule has 12 nitrogen and oxygen atoms in total. The standard InChI is InChI=1S/C35H61N5O7/c1-21(2)10-8-11-22(3)12-9-13-23(4)16-17-40-19-24-14-15-25(36)33(45-24)46-30-26(37)18-27(38-6)31(28(30)41)47-34-29(42)32(39-7)35(5,43)20-44-34/h10,12,14,16-17,25-34,38-39,41-43H,8-9,11,13,15,18-20,36-37H2,1-7H3/b22-12+,23-16+,40-17+. The maximum atomic E-state index is 11.5. The molecule has 0 amide bonds. The maximum absolute atomic E-state index is 11.5. The van der Waals surface area contributed by atoms with Gasteiger partial charge in [-0.05, 0) is 99.4 Å². The van der Waals surface area contributed by atoms with Crippen molar-refractivity contribution in [2.75, 3.05) is 27.2 Å². The molecule has 1 aliphatic carbocycles.